The summed E-state index contributed by atoms with van der Waals surface area (Å²) in [6.45, 7) is 0.171. The average molecular weight is 476 g/mol. The molecule has 1 aromatic heterocycles. The van der Waals surface area contributed by atoms with Crippen LogP contribution in [0.4, 0.5) is 0 Å². The summed E-state index contributed by atoms with van der Waals surface area (Å²) in [4.78, 5) is 53.5. The number of ether oxygens (including phenoxy) is 1. The molecule has 1 fully saturated rings. The lowest BCUT2D eigenvalue weighted by molar-refractivity contribution is -0.154. The van der Waals surface area contributed by atoms with Crippen molar-refractivity contribution in [1.82, 2.24) is 15.2 Å². The third-order valence-electron chi connectivity index (χ3n) is 4.86. The number of carbonyl (C=O) groups excluding carboxylic acids is 3. The van der Waals surface area contributed by atoms with E-state index in [0.717, 1.165) is 0 Å². The van der Waals surface area contributed by atoms with Gasteiger partial charge in [0.2, 0.25) is 6.10 Å². The molecule has 12 heteroatoms. The van der Waals surface area contributed by atoms with Crippen LogP contribution in [-0.2, 0) is 23.9 Å². The molecule has 2 aliphatic heterocycles. The maximum atomic E-state index is 12.8. The number of β-lactam (4-membered cyclic amide) rings is 1. The number of thioether (sulfide) groups is 2. The second-order valence-corrected chi connectivity index (χ2v) is 8.79. The molecular formula is C20H17N3O7S2. The Morgan fingerprint density at radius 1 is 1.41 bits per heavy atom. The normalized spacial score (nSPS) is 20.8. The van der Waals surface area contributed by atoms with E-state index >= 15 is 0 Å². The van der Waals surface area contributed by atoms with Gasteiger partial charge in [-0.1, -0.05) is 42.1 Å². The lowest BCUT2D eigenvalue weighted by Gasteiger charge is -2.49. The number of aliphatic carboxylic acids is 1. The molecular weight excluding hydrogens is 458 g/mol. The van der Waals surface area contributed by atoms with E-state index < -0.39 is 35.3 Å². The first kappa shape index (κ1) is 22.0. The van der Waals surface area contributed by atoms with Crippen molar-refractivity contribution < 1.29 is 33.4 Å². The zero-order valence-corrected chi connectivity index (χ0v) is 18.0. The molecule has 0 saturated carbocycles. The first-order chi connectivity index (χ1) is 15.5. The summed E-state index contributed by atoms with van der Waals surface area (Å²) in [6, 6.07) is 7.46. The monoisotopic (exact) mass is 475 g/mol. The summed E-state index contributed by atoms with van der Waals surface area (Å²) >= 11 is 2.58. The molecule has 166 valence electrons. The van der Waals surface area contributed by atoms with Gasteiger partial charge in [0.25, 0.3) is 23.5 Å². The summed E-state index contributed by atoms with van der Waals surface area (Å²) < 4.78 is 10.1. The lowest BCUT2D eigenvalue weighted by atomic mass is 10.0. The van der Waals surface area contributed by atoms with Gasteiger partial charge in [0.15, 0.2) is 0 Å². The van der Waals surface area contributed by atoms with Crippen molar-refractivity contribution in [2.45, 2.75) is 22.7 Å². The van der Waals surface area contributed by atoms with Gasteiger partial charge in [0, 0.05) is 17.1 Å². The molecule has 4 rings (SSSR count). The summed E-state index contributed by atoms with van der Waals surface area (Å²) in [6.07, 6.45) is 1.69. The van der Waals surface area contributed by atoms with Crippen molar-refractivity contribution >= 4 is 47.8 Å². The average Bonchev–Trinajstić information content (AvgIpc) is 3.33. The molecule has 0 spiro atoms. The van der Waals surface area contributed by atoms with E-state index in [2.05, 4.69) is 10.3 Å². The standard InChI is InChI=1S/C20H17N3O7S2/c24-10-30-15(11-4-2-1-3-5-11)16(25)22-13-17(26)23-14(19(27)28)12(8-31-18(13)23)9-32-20-21-6-7-29-20/h1-7,10,13,15,18H,8-9H2,(H,22,25)(H,27,28)/t13?,15?,18-/m1/s1. The molecule has 32 heavy (non-hydrogen) atoms. The Hall–Kier alpha value is -3.25. The second-order valence-electron chi connectivity index (χ2n) is 6.76. The van der Waals surface area contributed by atoms with Crippen molar-refractivity contribution in [2.24, 2.45) is 0 Å². The number of oxazole rings is 1. The number of benzene rings is 1. The number of aromatic nitrogens is 1. The van der Waals surface area contributed by atoms with Crippen molar-refractivity contribution in [3.8, 4) is 0 Å². The van der Waals surface area contributed by atoms with E-state index in [9.17, 15) is 24.3 Å². The zero-order chi connectivity index (χ0) is 22.7. The minimum atomic E-state index is -1.22. The van der Waals surface area contributed by atoms with Crippen LogP contribution in [0.1, 0.15) is 11.7 Å². The molecule has 2 aromatic rings. The Labute approximate surface area is 190 Å². The Balaban J connectivity index is 1.48. The number of amides is 2. The summed E-state index contributed by atoms with van der Waals surface area (Å²) in [7, 11) is 0. The molecule has 3 heterocycles. The SMILES string of the molecule is O=COC(C(=O)NC1C(=O)N2C(C(=O)O)=C(CSc3ncco3)CS[C@H]12)c1ccccc1. The van der Waals surface area contributed by atoms with Gasteiger partial charge in [-0.05, 0) is 5.57 Å². The maximum absolute atomic E-state index is 12.8. The van der Waals surface area contributed by atoms with Gasteiger partial charge < -0.3 is 19.6 Å². The van der Waals surface area contributed by atoms with E-state index in [0.29, 0.717) is 27.9 Å². The number of carboxylic acid groups (broad SMARTS) is 1. The zero-order valence-electron chi connectivity index (χ0n) is 16.4. The number of hydrogen-bond acceptors (Lipinski definition) is 9. The van der Waals surface area contributed by atoms with Gasteiger partial charge >= 0.3 is 5.97 Å². The Bertz CT molecular complexity index is 1060. The van der Waals surface area contributed by atoms with E-state index in [1.54, 1.807) is 30.3 Å². The van der Waals surface area contributed by atoms with Crippen molar-refractivity contribution in [3.63, 3.8) is 0 Å². The van der Waals surface area contributed by atoms with Crippen molar-refractivity contribution in [2.75, 3.05) is 11.5 Å². The van der Waals surface area contributed by atoms with E-state index in [4.69, 9.17) is 9.15 Å². The number of hydrogen-bond donors (Lipinski definition) is 2. The lowest BCUT2D eigenvalue weighted by Crippen LogP contribution is -2.71. The molecule has 0 radical (unpaired) electrons. The third kappa shape index (κ3) is 4.23. The number of fused-ring (bicyclic) bond motifs is 1. The highest BCUT2D eigenvalue weighted by molar-refractivity contribution is 8.01. The Morgan fingerprint density at radius 3 is 2.84 bits per heavy atom. The minimum Gasteiger partial charge on any atom is -0.477 e. The molecule has 0 bridgehead atoms. The van der Waals surface area contributed by atoms with Crippen molar-refractivity contribution in [1.29, 1.82) is 0 Å². The van der Waals surface area contributed by atoms with Crippen LogP contribution >= 0.6 is 23.5 Å². The highest BCUT2D eigenvalue weighted by atomic mass is 32.2. The first-order valence-corrected chi connectivity index (χ1v) is 11.4. The highest BCUT2D eigenvalue weighted by Crippen LogP contribution is 2.41. The molecule has 2 aliphatic rings. The summed E-state index contributed by atoms with van der Waals surface area (Å²) in [5.74, 6) is -1.75. The van der Waals surface area contributed by atoms with E-state index in [1.807, 2.05) is 0 Å². The van der Waals surface area contributed by atoms with Crippen LogP contribution in [0.5, 0.6) is 0 Å². The Morgan fingerprint density at radius 2 is 2.19 bits per heavy atom. The first-order valence-electron chi connectivity index (χ1n) is 9.38. The predicted octanol–water partition coefficient (Wildman–Crippen LogP) is 1.42. The second kappa shape index (κ2) is 9.49. The molecule has 1 aromatic carbocycles. The predicted molar refractivity (Wildman–Crippen MR) is 113 cm³/mol. The van der Waals surface area contributed by atoms with Gasteiger partial charge in [-0.3, -0.25) is 19.3 Å². The number of nitrogens with one attached hydrogen (secondary N) is 1. The van der Waals surface area contributed by atoms with Crippen LogP contribution in [0.15, 0.2) is 63.7 Å². The van der Waals surface area contributed by atoms with Crippen LogP contribution in [0.3, 0.4) is 0 Å². The van der Waals surface area contributed by atoms with Gasteiger partial charge in [-0.2, -0.15) is 0 Å². The molecule has 2 amide bonds. The fourth-order valence-corrected chi connectivity index (χ4v) is 5.70. The molecule has 2 unspecified atom stereocenters. The summed E-state index contributed by atoms with van der Waals surface area (Å²) in [5, 5.41) is 12.2. The van der Waals surface area contributed by atoms with Gasteiger partial charge in [0.05, 0.1) is 6.20 Å². The third-order valence-corrected chi connectivity index (χ3v) is 7.14. The van der Waals surface area contributed by atoms with E-state index in [-0.39, 0.29) is 12.2 Å². The van der Waals surface area contributed by atoms with Crippen LogP contribution < -0.4 is 5.32 Å². The molecule has 10 nitrogen and oxygen atoms in total. The van der Waals surface area contributed by atoms with Gasteiger partial charge in [-0.15, -0.1) is 11.8 Å². The fourth-order valence-electron chi connectivity index (χ4n) is 3.43. The summed E-state index contributed by atoms with van der Waals surface area (Å²) in [5.41, 5.74) is 0.924. The number of rotatable bonds is 9. The van der Waals surface area contributed by atoms with Crippen LogP contribution in [-0.4, -0.2) is 62.2 Å². The van der Waals surface area contributed by atoms with Gasteiger partial charge in [0.1, 0.15) is 23.4 Å². The highest BCUT2D eigenvalue weighted by Gasteiger charge is 2.54. The number of nitrogens with zero attached hydrogens (tertiary/aromatic N) is 2. The molecule has 1 saturated heterocycles. The van der Waals surface area contributed by atoms with Crippen LogP contribution in [0, 0.1) is 0 Å². The van der Waals surface area contributed by atoms with Crippen molar-refractivity contribution in [3.05, 3.63) is 59.6 Å². The van der Waals surface area contributed by atoms with Gasteiger partial charge in [-0.25, -0.2) is 9.78 Å². The quantitative estimate of drug-likeness (QED) is 0.311. The molecule has 2 N–H and O–H groups in total. The molecule has 3 atom stereocenters. The topological polar surface area (TPSA) is 139 Å². The number of carboxylic acids is 1. The maximum Gasteiger partial charge on any atom is 0.352 e. The smallest absolute Gasteiger partial charge is 0.352 e. The Kier molecular flexibility index (Phi) is 6.51. The van der Waals surface area contributed by atoms with Crippen LogP contribution in [0.25, 0.3) is 0 Å². The fraction of sp³-hybridized carbons (Fsp3) is 0.250. The number of carbonyl (C=O) groups is 4. The molecule has 0 aliphatic carbocycles. The largest absolute Gasteiger partial charge is 0.477 e. The van der Waals surface area contributed by atoms with Crippen LogP contribution in [0.2, 0.25) is 0 Å². The van der Waals surface area contributed by atoms with E-state index in [1.165, 1.54) is 40.9 Å². The minimum absolute atomic E-state index is 0.0907.